The molecular weight excluding hydrogens is 428 g/mol. The number of benzene rings is 2. The Bertz CT molecular complexity index is 1160. The molecule has 1 N–H and O–H groups in total. The van der Waals surface area contributed by atoms with Crippen LogP contribution in [0.2, 0.25) is 0 Å². The largest absolute Gasteiger partial charge is 0.502 e. The molecule has 0 fully saturated rings. The Morgan fingerprint density at radius 2 is 2.11 bits per heavy atom. The maximum Gasteiger partial charge on any atom is 0.311 e. The van der Waals surface area contributed by atoms with E-state index >= 15 is 0 Å². The van der Waals surface area contributed by atoms with Crippen LogP contribution in [0.25, 0.3) is 10.9 Å². The first kappa shape index (κ1) is 19.7. The monoisotopic (exact) mass is 444 g/mol. The van der Waals surface area contributed by atoms with Crippen molar-refractivity contribution in [1.29, 1.82) is 0 Å². The smallest absolute Gasteiger partial charge is 0.311 e. The fourth-order valence-electron chi connectivity index (χ4n) is 2.67. The van der Waals surface area contributed by atoms with Crippen LogP contribution in [-0.2, 0) is 0 Å². The van der Waals surface area contributed by atoms with Crippen LogP contribution in [-0.4, -0.2) is 25.9 Å². The number of fused-ring (bicyclic) bond motifs is 1. The maximum absolute atomic E-state index is 13.0. The first-order valence-corrected chi connectivity index (χ1v) is 9.35. The van der Waals surface area contributed by atoms with Gasteiger partial charge in [-0.2, -0.15) is 9.78 Å². The molecule has 1 aromatic heterocycles. The van der Waals surface area contributed by atoms with Crippen LogP contribution < -0.4 is 5.56 Å². The molecule has 3 rings (SSSR count). The molecule has 28 heavy (non-hydrogen) atoms. The van der Waals surface area contributed by atoms with E-state index in [0.717, 1.165) is 10.9 Å². The van der Waals surface area contributed by atoms with Crippen molar-refractivity contribution < 1.29 is 10.0 Å². The zero-order valence-corrected chi connectivity index (χ0v) is 16.8. The second-order valence-corrected chi connectivity index (χ2v) is 7.22. The van der Waals surface area contributed by atoms with Crippen molar-refractivity contribution in [3.8, 4) is 5.75 Å². The van der Waals surface area contributed by atoms with E-state index in [1.54, 1.807) is 12.1 Å². The standard InChI is InChI=1S/C19H17BrN4O4/c1-3-11(2)18-22-15-6-5-13(20)9-14(15)19(26)23(18)21-10-12-4-7-17(25)16(8-12)24(27)28/h4-11,25H,3H2,1-2H3/t11-/m1/s1. The summed E-state index contributed by atoms with van der Waals surface area (Å²) in [6, 6.07) is 9.15. The summed E-state index contributed by atoms with van der Waals surface area (Å²) in [7, 11) is 0. The minimum Gasteiger partial charge on any atom is -0.502 e. The molecule has 0 aliphatic rings. The molecule has 3 aromatic rings. The fourth-order valence-corrected chi connectivity index (χ4v) is 3.03. The Labute approximate surface area is 168 Å². The number of hydrogen-bond donors (Lipinski definition) is 1. The van der Waals surface area contributed by atoms with Crippen molar-refractivity contribution in [2.24, 2.45) is 5.10 Å². The lowest BCUT2D eigenvalue weighted by Gasteiger charge is -2.13. The summed E-state index contributed by atoms with van der Waals surface area (Å²) >= 11 is 3.35. The third kappa shape index (κ3) is 3.79. The van der Waals surface area contributed by atoms with Gasteiger partial charge in [-0.05, 0) is 36.8 Å². The average molecular weight is 445 g/mol. The van der Waals surface area contributed by atoms with E-state index in [1.165, 1.54) is 29.1 Å². The third-order valence-corrected chi connectivity index (χ3v) is 4.90. The van der Waals surface area contributed by atoms with Crippen LogP contribution >= 0.6 is 15.9 Å². The lowest BCUT2D eigenvalue weighted by Crippen LogP contribution is -2.23. The predicted molar refractivity (Wildman–Crippen MR) is 110 cm³/mol. The molecule has 1 atom stereocenters. The van der Waals surface area contributed by atoms with Crippen LogP contribution in [0, 0.1) is 10.1 Å². The molecule has 0 aliphatic carbocycles. The van der Waals surface area contributed by atoms with Gasteiger partial charge in [-0.3, -0.25) is 14.9 Å². The highest BCUT2D eigenvalue weighted by molar-refractivity contribution is 9.10. The molecule has 144 valence electrons. The van der Waals surface area contributed by atoms with Gasteiger partial charge in [0.25, 0.3) is 5.56 Å². The number of aromatic hydroxyl groups is 1. The van der Waals surface area contributed by atoms with Gasteiger partial charge in [-0.25, -0.2) is 4.98 Å². The van der Waals surface area contributed by atoms with Crippen LogP contribution in [0.5, 0.6) is 5.75 Å². The number of aromatic nitrogens is 2. The highest BCUT2D eigenvalue weighted by atomic mass is 79.9. The molecular formula is C19H17BrN4O4. The number of nitro benzene ring substituents is 1. The van der Waals surface area contributed by atoms with E-state index < -0.39 is 16.4 Å². The summed E-state index contributed by atoms with van der Waals surface area (Å²) in [5.74, 6) is 0.0516. The van der Waals surface area contributed by atoms with Crippen LogP contribution in [0.3, 0.4) is 0 Å². The summed E-state index contributed by atoms with van der Waals surface area (Å²) in [4.78, 5) is 27.9. The van der Waals surface area contributed by atoms with Crippen molar-refractivity contribution >= 4 is 38.7 Å². The zero-order chi connectivity index (χ0) is 20.4. The number of halogens is 1. The molecule has 2 aromatic carbocycles. The summed E-state index contributed by atoms with van der Waals surface area (Å²) in [5, 5.41) is 25.2. The summed E-state index contributed by atoms with van der Waals surface area (Å²) in [5.41, 5.74) is 0.196. The fraction of sp³-hybridized carbons (Fsp3) is 0.211. The number of hydrogen-bond acceptors (Lipinski definition) is 6. The van der Waals surface area contributed by atoms with Gasteiger partial charge in [0.1, 0.15) is 5.82 Å². The van der Waals surface area contributed by atoms with Gasteiger partial charge in [0.15, 0.2) is 5.75 Å². The number of nitro groups is 1. The molecule has 0 spiro atoms. The molecule has 0 saturated carbocycles. The minimum atomic E-state index is -0.682. The Hall–Kier alpha value is -3.07. The highest BCUT2D eigenvalue weighted by Crippen LogP contribution is 2.26. The van der Waals surface area contributed by atoms with Crippen molar-refractivity contribution in [1.82, 2.24) is 9.66 Å². The van der Waals surface area contributed by atoms with E-state index in [4.69, 9.17) is 0 Å². The normalized spacial score (nSPS) is 12.5. The van der Waals surface area contributed by atoms with Crippen LogP contribution in [0.15, 0.2) is 50.8 Å². The van der Waals surface area contributed by atoms with Gasteiger partial charge < -0.3 is 5.11 Å². The van der Waals surface area contributed by atoms with Gasteiger partial charge >= 0.3 is 5.69 Å². The number of phenolic OH excluding ortho intramolecular Hbond substituents is 1. The van der Waals surface area contributed by atoms with E-state index in [2.05, 4.69) is 26.0 Å². The summed E-state index contributed by atoms with van der Waals surface area (Å²) in [6.07, 6.45) is 2.10. The van der Waals surface area contributed by atoms with Gasteiger partial charge in [0.05, 0.1) is 22.0 Å². The van der Waals surface area contributed by atoms with E-state index in [1.807, 2.05) is 19.9 Å². The van der Waals surface area contributed by atoms with Gasteiger partial charge in [0.2, 0.25) is 0 Å². The Balaban J connectivity index is 2.17. The summed E-state index contributed by atoms with van der Waals surface area (Å²) < 4.78 is 1.97. The van der Waals surface area contributed by atoms with Crippen molar-refractivity contribution in [3.05, 3.63) is 72.7 Å². The van der Waals surface area contributed by atoms with Crippen LogP contribution in [0.4, 0.5) is 5.69 Å². The minimum absolute atomic E-state index is 0.0212. The Kier molecular flexibility index (Phi) is 5.55. The first-order valence-electron chi connectivity index (χ1n) is 8.55. The molecule has 0 unspecified atom stereocenters. The Morgan fingerprint density at radius 3 is 2.79 bits per heavy atom. The van der Waals surface area contributed by atoms with Gasteiger partial charge in [-0.1, -0.05) is 29.8 Å². The lowest BCUT2D eigenvalue weighted by molar-refractivity contribution is -0.385. The summed E-state index contributed by atoms with van der Waals surface area (Å²) in [6.45, 7) is 3.93. The van der Waals surface area contributed by atoms with Gasteiger partial charge in [0, 0.05) is 22.0 Å². The molecule has 8 nitrogen and oxygen atoms in total. The van der Waals surface area contributed by atoms with E-state index in [0.29, 0.717) is 22.3 Å². The van der Waals surface area contributed by atoms with Gasteiger partial charge in [-0.15, -0.1) is 0 Å². The highest BCUT2D eigenvalue weighted by Gasteiger charge is 2.16. The molecule has 1 heterocycles. The van der Waals surface area contributed by atoms with Crippen molar-refractivity contribution in [2.75, 3.05) is 0 Å². The third-order valence-electron chi connectivity index (χ3n) is 4.40. The lowest BCUT2D eigenvalue weighted by atomic mass is 10.1. The molecule has 0 radical (unpaired) electrons. The molecule has 0 amide bonds. The molecule has 0 bridgehead atoms. The maximum atomic E-state index is 13.0. The molecule has 9 heteroatoms. The van der Waals surface area contributed by atoms with Crippen molar-refractivity contribution in [2.45, 2.75) is 26.2 Å². The number of rotatable bonds is 5. The number of phenols is 1. The molecule has 0 aliphatic heterocycles. The quantitative estimate of drug-likeness (QED) is 0.360. The Morgan fingerprint density at radius 1 is 1.36 bits per heavy atom. The van der Waals surface area contributed by atoms with E-state index in [9.17, 15) is 20.0 Å². The average Bonchev–Trinajstić information content (AvgIpc) is 2.67. The second kappa shape index (κ2) is 7.89. The number of nitrogens with zero attached hydrogens (tertiary/aromatic N) is 4. The first-order chi connectivity index (χ1) is 13.3. The van der Waals surface area contributed by atoms with E-state index in [-0.39, 0.29) is 11.5 Å². The SMILES string of the molecule is CC[C@@H](C)c1nc2ccc(Br)cc2c(=O)n1N=Cc1ccc(O)c([N+](=O)[O-])c1. The van der Waals surface area contributed by atoms with Crippen LogP contribution in [0.1, 0.15) is 37.6 Å². The topological polar surface area (TPSA) is 111 Å². The second-order valence-electron chi connectivity index (χ2n) is 6.31. The predicted octanol–water partition coefficient (Wildman–Crippen LogP) is 4.17. The zero-order valence-electron chi connectivity index (χ0n) is 15.2. The van der Waals surface area contributed by atoms with Crippen molar-refractivity contribution in [3.63, 3.8) is 0 Å². The molecule has 0 saturated heterocycles.